The van der Waals surface area contributed by atoms with Crippen LogP contribution in [0.5, 0.6) is 0 Å². The van der Waals surface area contributed by atoms with Crippen molar-refractivity contribution in [3.63, 3.8) is 0 Å². The van der Waals surface area contributed by atoms with Gasteiger partial charge in [-0.25, -0.2) is 13.6 Å². The van der Waals surface area contributed by atoms with Crippen molar-refractivity contribution in [1.29, 1.82) is 0 Å². The predicted octanol–water partition coefficient (Wildman–Crippen LogP) is 0.685. The number of primary sulfonamides is 1. The van der Waals surface area contributed by atoms with Crippen LogP contribution in [0.4, 0.5) is 5.69 Å². The molecule has 7 heteroatoms. The summed E-state index contributed by atoms with van der Waals surface area (Å²) in [5.41, 5.74) is 0.710. The zero-order chi connectivity index (χ0) is 12.6. The van der Waals surface area contributed by atoms with E-state index in [0.717, 1.165) is 3.57 Å². The fourth-order valence-corrected chi connectivity index (χ4v) is 2.86. The highest BCUT2D eigenvalue weighted by Gasteiger charge is 2.36. The van der Waals surface area contributed by atoms with Crippen molar-refractivity contribution >= 4 is 44.2 Å². The van der Waals surface area contributed by atoms with Gasteiger partial charge >= 0.3 is 0 Å². The molecule has 2 rings (SSSR count). The van der Waals surface area contributed by atoms with Gasteiger partial charge in [0.05, 0.1) is 0 Å². The van der Waals surface area contributed by atoms with Gasteiger partial charge in [0.25, 0.3) is 0 Å². The highest BCUT2D eigenvalue weighted by atomic mass is 127. The summed E-state index contributed by atoms with van der Waals surface area (Å²) in [7, 11) is -3.65. The number of carbonyl (C=O) groups is 1. The first-order valence-electron chi connectivity index (χ1n) is 4.95. The number of nitrogens with zero attached hydrogens (tertiary/aromatic N) is 1. The lowest BCUT2D eigenvalue weighted by molar-refractivity contribution is -0.117. The molecule has 0 spiro atoms. The number of hydrogen-bond donors (Lipinski definition) is 1. The molecule has 0 bridgehead atoms. The number of nitrogens with two attached hydrogens (primary N) is 1. The van der Waals surface area contributed by atoms with Crippen molar-refractivity contribution in [2.24, 2.45) is 5.14 Å². The number of anilines is 1. The monoisotopic (exact) mass is 366 g/mol. The molecule has 1 heterocycles. The van der Waals surface area contributed by atoms with Crippen LogP contribution < -0.4 is 10.0 Å². The Morgan fingerprint density at radius 1 is 1.29 bits per heavy atom. The van der Waals surface area contributed by atoms with Crippen LogP contribution in [0.1, 0.15) is 6.42 Å². The maximum Gasteiger partial charge on any atom is 0.228 e. The lowest BCUT2D eigenvalue weighted by Crippen LogP contribution is -2.32. The highest BCUT2D eigenvalue weighted by Crippen LogP contribution is 2.24. The second-order valence-corrected chi connectivity index (χ2v) is 6.99. The topological polar surface area (TPSA) is 80.5 Å². The van der Waals surface area contributed by atoms with Crippen LogP contribution in [0, 0.1) is 3.57 Å². The van der Waals surface area contributed by atoms with Gasteiger partial charge in [0, 0.05) is 22.2 Å². The summed E-state index contributed by atoms with van der Waals surface area (Å²) in [5, 5.41) is 4.26. The van der Waals surface area contributed by atoms with E-state index in [1.54, 1.807) is 12.1 Å². The number of amides is 1. The van der Waals surface area contributed by atoms with Gasteiger partial charge in [-0.05, 0) is 46.9 Å². The van der Waals surface area contributed by atoms with Gasteiger partial charge in [0.15, 0.2) is 0 Å². The SMILES string of the molecule is NS(=O)(=O)C1CC(=O)N(c2ccc(I)cc2)C1. The maximum absolute atomic E-state index is 11.7. The normalized spacial score (nSPS) is 20.9. The largest absolute Gasteiger partial charge is 0.311 e. The third kappa shape index (κ3) is 2.78. The summed E-state index contributed by atoms with van der Waals surface area (Å²) in [4.78, 5) is 13.2. The van der Waals surface area contributed by atoms with Crippen molar-refractivity contribution in [2.75, 3.05) is 11.4 Å². The van der Waals surface area contributed by atoms with Crippen LogP contribution in [-0.4, -0.2) is 26.1 Å². The first-order chi connectivity index (χ1) is 7.88. The first kappa shape index (κ1) is 12.8. The lowest BCUT2D eigenvalue weighted by Gasteiger charge is -2.16. The van der Waals surface area contributed by atoms with Crippen LogP contribution in [0.2, 0.25) is 0 Å². The molecule has 1 fully saturated rings. The number of sulfonamides is 1. The van der Waals surface area contributed by atoms with E-state index in [0.29, 0.717) is 5.69 Å². The molecule has 1 amide bonds. The molecule has 92 valence electrons. The van der Waals surface area contributed by atoms with Crippen LogP contribution in [0.15, 0.2) is 24.3 Å². The standard InChI is InChI=1S/C10H11IN2O3S/c11-7-1-3-8(4-2-7)13-6-9(5-10(13)14)17(12,15)16/h1-4,9H,5-6H2,(H2,12,15,16). The molecular formula is C10H11IN2O3S. The Morgan fingerprint density at radius 3 is 2.35 bits per heavy atom. The fraction of sp³-hybridized carbons (Fsp3) is 0.300. The number of rotatable bonds is 2. The van der Waals surface area contributed by atoms with Crippen molar-refractivity contribution in [2.45, 2.75) is 11.7 Å². The molecule has 0 aromatic heterocycles. The molecule has 5 nitrogen and oxygen atoms in total. The molecule has 1 saturated heterocycles. The summed E-state index contributed by atoms with van der Waals surface area (Å²) in [6.07, 6.45) is -0.0369. The maximum atomic E-state index is 11.7. The minimum absolute atomic E-state index is 0.0369. The Labute approximate surface area is 113 Å². The minimum atomic E-state index is -3.65. The van der Waals surface area contributed by atoms with E-state index in [2.05, 4.69) is 22.6 Å². The van der Waals surface area contributed by atoms with Crippen LogP contribution in [0.25, 0.3) is 0 Å². The minimum Gasteiger partial charge on any atom is -0.311 e. The number of carbonyl (C=O) groups excluding carboxylic acids is 1. The van der Waals surface area contributed by atoms with Crippen molar-refractivity contribution in [1.82, 2.24) is 0 Å². The van der Waals surface area contributed by atoms with Crippen LogP contribution >= 0.6 is 22.6 Å². The van der Waals surface area contributed by atoms with Crippen LogP contribution in [-0.2, 0) is 14.8 Å². The van der Waals surface area contributed by atoms with E-state index >= 15 is 0 Å². The van der Waals surface area contributed by atoms with E-state index in [1.165, 1.54) is 4.90 Å². The molecule has 2 N–H and O–H groups in total. The lowest BCUT2D eigenvalue weighted by atomic mass is 10.3. The van der Waals surface area contributed by atoms with E-state index in [9.17, 15) is 13.2 Å². The second-order valence-electron chi connectivity index (χ2n) is 3.90. The van der Waals surface area contributed by atoms with Crippen molar-refractivity contribution < 1.29 is 13.2 Å². The highest BCUT2D eigenvalue weighted by molar-refractivity contribution is 14.1. The Morgan fingerprint density at radius 2 is 1.88 bits per heavy atom. The molecular weight excluding hydrogens is 355 g/mol. The average molecular weight is 366 g/mol. The molecule has 0 radical (unpaired) electrons. The molecule has 1 aromatic carbocycles. The molecule has 1 aliphatic heterocycles. The summed E-state index contributed by atoms with van der Waals surface area (Å²) >= 11 is 2.16. The van der Waals surface area contributed by atoms with Gasteiger partial charge in [0.1, 0.15) is 5.25 Å². The molecule has 1 aliphatic rings. The van der Waals surface area contributed by atoms with Gasteiger partial charge in [-0.2, -0.15) is 0 Å². The number of hydrogen-bond acceptors (Lipinski definition) is 3. The zero-order valence-corrected chi connectivity index (χ0v) is 11.8. The Hall–Kier alpha value is -0.670. The van der Waals surface area contributed by atoms with Gasteiger partial charge < -0.3 is 4.90 Å². The average Bonchev–Trinajstić information content (AvgIpc) is 2.61. The van der Waals surface area contributed by atoms with E-state index in [-0.39, 0.29) is 18.9 Å². The fourth-order valence-electron chi connectivity index (χ4n) is 1.77. The van der Waals surface area contributed by atoms with E-state index < -0.39 is 15.3 Å². The first-order valence-corrected chi connectivity index (χ1v) is 7.64. The van der Waals surface area contributed by atoms with E-state index in [1.807, 2.05) is 12.1 Å². The molecule has 0 saturated carbocycles. The van der Waals surface area contributed by atoms with Gasteiger partial charge in [0.2, 0.25) is 15.9 Å². The second kappa shape index (κ2) is 4.54. The molecule has 0 aliphatic carbocycles. The molecule has 1 unspecified atom stereocenters. The quantitative estimate of drug-likeness (QED) is 0.782. The Bertz CT molecular complexity index is 541. The third-order valence-electron chi connectivity index (χ3n) is 2.69. The predicted molar refractivity (Wildman–Crippen MR) is 73.0 cm³/mol. The summed E-state index contributed by atoms with van der Waals surface area (Å²) in [5.74, 6) is -0.203. The molecule has 1 aromatic rings. The van der Waals surface area contributed by atoms with E-state index in [4.69, 9.17) is 5.14 Å². The summed E-state index contributed by atoms with van der Waals surface area (Å²) in [6.45, 7) is 0.137. The third-order valence-corrected chi connectivity index (χ3v) is 4.66. The number of benzene rings is 1. The van der Waals surface area contributed by atoms with Crippen LogP contribution in [0.3, 0.4) is 0 Å². The van der Waals surface area contributed by atoms with Gasteiger partial charge in [-0.3, -0.25) is 4.79 Å². The molecule has 1 atom stereocenters. The van der Waals surface area contributed by atoms with Crippen molar-refractivity contribution in [3.05, 3.63) is 27.8 Å². The van der Waals surface area contributed by atoms with Crippen molar-refractivity contribution in [3.8, 4) is 0 Å². The Kier molecular flexibility index (Phi) is 3.41. The zero-order valence-electron chi connectivity index (χ0n) is 8.84. The van der Waals surface area contributed by atoms with Gasteiger partial charge in [-0.15, -0.1) is 0 Å². The summed E-state index contributed by atoms with van der Waals surface area (Å²) in [6, 6.07) is 7.33. The summed E-state index contributed by atoms with van der Waals surface area (Å²) < 4.78 is 23.5. The van der Waals surface area contributed by atoms with Gasteiger partial charge in [-0.1, -0.05) is 0 Å². The number of halogens is 1. The smallest absolute Gasteiger partial charge is 0.228 e. The Balaban J connectivity index is 2.24. The molecule has 17 heavy (non-hydrogen) atoms.